The van der Waals surface area contributed by atoms with Gasteiger partial charge in [0.05, 0.1) is 12.7 Å². The third-order valence-electron chi connectivity index (χ3n) is 1.81. The Hall–Kier alpha value is -1.08. The average molecular weight is 168 g/mol. The van der Waals surface area contributed by atoms with Gasteiger partial charge in [-0.25, -0.2) is 5.06 Å². The second kappa shape index (κ2) is 4.07. The van der Waals surface area contributed by atoms with Gasteiger partial charge in [-0.2, -0.15) is 5.26 Å². The molecule has 0 aromatic heterocycles. The van der Waals surface area contributed by atoms with Crippen LogP contribution in [0.15, 0.2) is 0 Å². The molecule has 1 saturated heterocycles. The van der Waals surface area contributed by atoms with E-state index in [0.29, 0.717) is 13.2 Å². The summed E-state index contributed by atoms with van der Waals surface area (Å²) in [5.74, 6) is -0.819. The van der Waals surface area contributed by atoms with Crippen LogP contribution in [0.2, 0.25) is 0 Å². The standard InChI is InChI=1S/C8H12N2O2/c1-7(6-9)8(11)10-4-2-3-5-12-10/h7H,2-5H2,1H3. The monoisotopic (exact) mass is 168 g/mol. The quantitative estimate of drug-likeness (QED) is 0.579. The van der Waals surface area contributed by atoms with E-state index in [1.807, 2.05) is 6.07 Å². The van der Waals surface area contributed by atoms with Gasteiger partial charge in [-0.05, 0) is 19.8 Å². The van der Waals surface area contributed by atoms with Crippen molar-refractivity contribution < 1.29 is 9.63 Å². The van der Waals surface area contributed by atoms with Gasteiger partial charge in [0.1, 0.15) is 5.92 Å². The van der Waals surface area contributed by atoms with Gasteiger partial charge in [0.15, 0.2) is 0 Å². The summed E-state index contributed by atoms with van der Waals surface area (Å²) >= 11 is 0. The zero-order valence-corrected chi connectivity index (χ0v) is 7.12. The lowest BCUT2D eigenvalue weighted by Gasteiger charge is -2.26. The number of carbonyl (C=O) groups is 1. The molecule has 4 heteroatoms. The maximum absolute atomic E-state index is 11.3. The number of amides is 1. The van der Waals surface area contributed by atoms with Crippen molar-refractivity contribution in [1.29, 1.82) is 5.26 Å². The highest BCUT2D eigenvalue weighted by molar-refractivity contribution is 5.79. The van der Waals surface area contributed by atoms with E-state index < -0.39 is 5.92 Å². The van der Waals surface area contributed by atoms with E-state index in [1.165, 1.54) is 5.06 Å². The first-order chi connectivity index (χ1) is 5.75. The number of carbonyl (C=O) groups excluding carboxylic acids is 1. The van der Waals surface area contributed by atoms with Crippen molar-refractivity contribution in [2.75, 3.05) is 13.2 Å². The van der Waals surface area contributed by atoms with E-state index in [1.54, 1.807) is 6.92 Å². The Kier molecular flexibility index (Phi) is 3.06. The summed E-state index contributed by atoms with van der Waals surface area (Å²) in [6.07, 6.45) is 1.95. The molecular weight excluding hydrogens is 156 g/mol. The SMILES string of the molecule is CC(C#N)C(=O)N1CCCCO1. The first-order valence-corrected chi connectivity index (χ1v) is 4.09. The molecular formula is C8H12N2O2. The molecule has 0 radical (unpaired) electrons. The number of rotatable bonds is 1. The lowest BCUT2D eigenvalue weighted by Crippen LogP contribution is -2.38. The molecule has 1 amide bonds. The lowest BCUT2D eigenvalue weighted by molar-refractivity contribution is -0.199. The second-order valence-electron chi connectivity index (χ2n) is 2.83. The van der Waals surface area contributed by atoms with Crippen molar-refractivity contribution in [3.63, 3.8) is 0 Å². The molecule has 0 aromatic carbocycles. The van der Waals surface area contributed by atoms with Gasteiger partial charge in [0.2, 0.25) is 0 Å². The van der Waals surface area contributed by atoms with E-state index in [4.69, 9.17) is 10.1 Å². The van der Waals surface area contributed by atoms with Crippen molar-refractivity contribution in [3.05, 3.63) is 0 Å². The van der Waals surface area contributed by atoms with Crippen LogP contribution in [0.4, 0.5) is 0 Å². The summed E-state index contributed by atoms with van der Waals surface area (Å²) in [6.45, 7) is 2.79. The fourth-order valence-electron chi connectivity index (χ4n) is 1.04. The van der Waals surface area contributed by atoms with Crippen LogP contribution >= 0.6 is 0 Å². The second-order valence-corrected chi connectivity index (χ2v) is 2.83. The van der Waals surface area contributed by atoms with Gasteiger partial charge in [-0.1, -0.05) is 0 Å². The van der Waals surface area contributed by atoms with Crippen molar-refractivity contribution in [2.45, 2.75) is 19.8 Å². The fourth-order valence-corrected chi connectivity index (χ4v) is 1.04. The fraction of sp³-hybridized carbons (Fsp3) is 0.750. The highest BCUT2D eigenvalue weighted by atomic mass is 16.7. The lowest BCUT2D eigenvalue weighted by atomic mass is 10.2. The van der Waals surface area contributed by atoms with Crippen LogP contribution in [-0.2, 0) is 9.63 Å². The summed E-state index contributed by atoms with van der Waals surface area (Å²) < 4.78 is 0. The number of nitrogens with zero attached hydrogens (tertiary/aromatic N) is 2. The Bertz CT molecular complexity index is 204. The Labute approximate surface area is 71.7 Å². The molecule has 1 aliphatic rings. The average Bonchev–Trinajstić information content (AvgIpc) is 2.17. The van der Waals surface area contributed by atoms with Crippen molar-refractivity contribution in [2.24, 2.45) is 5.92 Å². The maximum Gasteiger partial charge on any atom is 0.263 e. The van der Waals surface area contributed by atoms with E-state index >= 15 is 0 Å². The highest BCUT2D eigenvalue weighted by Crippen LogP contribution is 2.09. The van der Waals surface area contributed by atoms with Gasteiger partial charge in [0, 0.05) is 6.54 Å². The van der Waals surface area contributed by atoms with Gasteiger partial charge in [0.25, 0.3) is 5.91 Å². The van der Waals surface area contributed by atoms with Crippen LogP contribution in [0.25, 0.3) is 0 Å². The van der Waals surface area contributed by atoms with E-state index in [-0.39, 0.29) is 5.91 Å². The Morgan fingerprint density at radius 2 is 2.42 bits per heavy atom. The maximum atomic E-state index is 11.3. The molecule has 0 aliphatic carbocycles. The minimum Gasteiger partial charge on any atom is -0.271 e. The van der Waals surface area contributed by atoms with Gasteiger partial charge in [-0.15, -0.1) is 0 Å². The zero-order chi connectivity index (χ0) is 8.97. The molecule has 12 heavy (non-hydrogen) atoms. The number of hydrogen-bond donors (Lipinski definition) is 0. The molecule has 0 spiro atoms. The van der Waals surface area contributed by atoms with E-state index in [0.717, 1.165) is 12.8 Å². The Balaban J connectivity index is 2.46. The Morgan fingerprint density at radius 3 is 2.92 bits per heavy atom. The summed E-state index contributed by atoms with van der Waals surface area (Å²) in [6, 6.07) is 1.89. The highest BCUT2D eigenvalue weighted by Gasteiger charge is 2.22. The zero-order valence-electron chi connectivity index (χ0n) is 7.12. The summed E-state index contributed by atoms with van der Waals surface area (Å²) in [7, 11) is 0. The summed E-state index contributed by atoms with van der Waals surface area (Å²) in [5, 5.41) is 9.79. The molecule has 4 nitrogen and oxygen atoms in total. The van der Waals surface area contributed by atoms with Crippen LogP contribution in [0.5, 0.6) is 0 Å². The van der Waals surface area contributed by atoms with Crippen LogP contribution in [0.1, 0.15) is 19.8 Å². The largest absolute Gasteiger partial charge is 0.271 e. The van der Waals surface area contributed by atoms with Gasteiger partial charge in [-0.3, -0.25) is 9.63 Å². The molecule has 0 saturated carbocycles. The number of nitriles is 1. The smallest absolute Gasteiger partial charge is 0.263 e. The third kappa shape index (κ3) is 1.95. The molecule has 1 heterocycles. The van der Waals surface area contributed by atoms with E-state index in [9.17, 15) is 4.79 Å². The normalized spacial score (nSPS) is 19.8. The molecule has 0 N–H and O–H groups in total. The third-order valence-corrected chi connectivity index (χ3v) is 1.81. The topological polar surface area (TPSA) is 53.3 Å². The Morgan fingerprint density at radius 1 is 1.67 bits per heavy atom. The molecule has 1 aliphatic heterocycles. The molecule has 1 rings (SSSR count). The van der Waals surface area contributed by atoms with Gasteiger partial charge >= 0.3 is 0 Å². The predicted molar refractivity (Wildman–Crippen MR) is 41.7 cm³/mol. The first-order valence-electron chi connectivity index (χ1n) is 4.09. The molecule has 0 aromatic rings. The molecule has 1 fully saturated rings. The van der Waals surface area contributed by atoms with Crippen LogP contribution in [0.3, 0.4) is 0 Å². The molecule has 1 unspecified atom stereocenters. The van der Waals surface area contributed by atoms with Crippen molar-refractivity contribution in [3.8, 4) is 6.07 Å². The minimum atomic E-state index is -0.594. The van der Waals surface area contributed by atoms with Crippen LogP contribution in [-0.4, -0.2) is 24.1 Å². The van der Waals surface area contributed by atoms with Gasteiger partial charge < -0.3 is 0 Å². The van der Waals surface area contributed by atoms with Crippen molar-refractivity contribution >= 4 is 5.91 Å². The predicted octanol–water partition coefficient (Wildman–Crippen LogP) is 0.700. The molecule has 0 bridgehead atoms. The summed E-state index contributed by atoms with van der Waals surface area (Å²) in [5.41, 5.74) is 0. The van der Waals surface area contributed by atoms with Crippen LogP contribution in [0, 0.1) is 17.2 Å². The minimum absolute atomic E-state index is 0.225. The first kappa shape index (κ1) is 9.01. The van der Waals surface area contributed by atoms with E-state index in [2.05, 4.69) is 0 Å². The van der Waals surface area contributed by atoms with Crippen molar-refractivity contribution in [1.82, 2.24) is 5.06 Å². The summed E-state index contributed by atoms with van der Waals surface area (Å²) in [4.78, 5) is 16.4. The van der Waals surface area contributed by atoms with Crippen LogP contribution < -0.4 is 0 Å². The molecule has 1 atom stereocenters. The number of hydrogen-bond acceptors (Lipinski definition) is 3. The number of hydroxylamine groups is 2. The molecule has 66 valence electrons.